The molecular formula is C55H74N8O21S. The quantitative estimate of drug-likeness (QED) is 0.0418. The first-order valence-electron chi connectivity index (χ1n) is 27.6. The van der Waals surface area contributed by atoms with E-state index in [1.807, 2.05) is 24.3 Å². The molecule has 3 fully saturated rings. The number of unbranched alkanes of at least 4 members (excludes halogenated alkanes) is 4. The Morgan fingerprint density at radius 3 is 1.99 bits per heavy atom. The molecule has 3 saturated heterocycles. The van der Waals surface area contributed by atoms with E-state index in [0.717, 1.165) is 56.7 Å². The number of aliphatic hydroxyl groups is 7. The molecule has 3 aromatic rings. The number of nitrogens with one attached hydrogen (secondary N) is 5. The topological polar surface area (TPSA) is 464 Å². The van der Waals surface area contributed by atoms with Crippen LogP contribution in [0.1, 0.15) is 94.2 Å². The minimum atomic E-state index is -5.33. The fourth-order valence-electron chi connectivity index (χ4n) is 10.2. The number of nitrogens with two attached hydrogens (primary N) is 1. The Bertz CT molecular complexity index is 2990. The van der Waals surface area contributed by atoms with Crippen LogP contribution in [0.15, 0.2) is 66.7 Å². The molecule has 3 aliphatic rings. The third-order valence-electron chi connectivity index (χ3n) is 14.8. The normalized spacial score (nSPS) is 26.2. The molecule has 0 saturated carbocycles. The van der Waals surface area contributed by atoms with E-state index >= 15 is 0 Å². The molecule has 85 heavy (non-hydrogen) atoms. The predicted molar refractivity (Wildman–Crippen MR) is 296 cm³/mol. The molecule has 30 heteroatoms. The van der Waals surface area contributed by atoms with Crippen molar-refractivity contribution in [3.63, 3.8) is 0 Å². The number of phenols is 1. The zero-order chi connectivity index (χ0) is 62.6. The molecule has 16 N–H and O–H groups in total. The molecule has 29 nitrogen and oxygen atoms in total. The molecule has 0 aliphatic carbocycles. The van der Waals surface area contributed by atoms with Crippen molar-refractivity contribution >= 4 is 57.7 Å². The van der Waals surface area contributed by atoms with Gasteiger partial charge in [-0.1, -0.05) is 69.9 Å². The van der Waals surface area contributed by atoms with E-state index in [0.29, 0.717) is 33.8 Å². The summed E-state index contributed by atoms with van der Waals surface area (Å²) in [5.41, 5.74) is 6.29. The van der Waals surface area contributed by atoms with Crippen molar-refractivity contribution in [2.75, 3.05) is 26.2 Å². The second-order valence-corrected chi connectivity index (χ2v) is 22.5. The Morgan fingerprint density at radius 1 is 0.753 bits per heavy atom. The number of β-amino-alcohol motifs (C(OH)–C–C–N with tert-alkyl or cyclic N) is 1. The fraction of sp³-hybridized carbons (Fsp3) is 0.527. The minimum absolute atomic E-state index is 0.0176. The molecule has 3 aliphatic heterocycles. The van der Waals surface area contributed by atoms with Crippen LogP contribution in [0.25, 0.3) is 11.1 Å². The van der Waals surface area contributed by atoms with Crippen molar-refractivity contribution in [2.24, 2.45) is 11.7 Å². The second kappa shape index (κ2) is 29.5. The molecule has 14 unspecified atom stereocenters. The van der Waals surface area contributed by atoms with Gasteiger partial charge in [-0.15, -0.1) is 0 Å². The van der Waals surface area contributed by atoms with Crippen molar-refractivity contribution in [1.82, 2.24) is 36.4 Å². The number of hydrogen-bond donors (Lipinski definition) is 15. The van der Waals surface area contributed by atoms with E-state index in [1.54, 1.807) is 12.1 Å². The van der Waals surface area contributed by atoms with Gasteiger partial charge in [0, 0.05) is 44.0 Å². The molecular weight excluding hydrogens is 1140 g/mol. The molecule has 3 aromatic carbocycles. The molecule has 0 spiro atoms. The van der Waals surface area contributed by atoms with Gasteiger partial charge in [0.25, 0.3) is 5.91 Å². The molecule has 6 rings (SSSR count). The van der Waals surface area contributed by atoms with Crippen LogP contribution in [0.3, 0.4) is 0 Å². The summed E-state index contributed by atoms with van der Waals surface area (Å²) >= 11 is 0. The van der Waals surface area contributed by atoms with E-state index in [4.69, 9.17) is 10.5 Å². The van der Waals surface area contributed by atoms with Gasteiger partial charge >= 0.3 is 10.4 Å². The summed E-state index contributed by atoms with van der Waals surface area (Å²) < 4.78 is 42.6. The van der Waals surface area contributed by atoms with E-state index in [2.05, 4.69) is 37.7 Å². The second-order valence-electron chi connectivity index (χ2n) is 21.4. The average molecular weight is 1220 g/mol. The molecule has 466 valence electrons. The summed E-state index contributed by atoms with van der Waals surface area (Å²) in [7, 11) is -5.33. The fourth-order valence-corrected chi connectivity index (χ4v) is 10.5. The number of benzene rings is 3. The Labute approximate surface area is 488 Å². The summed E-state index contributed by atoms with van der Waals surface area (Å²) in [6.45, 7) is 3.31. The summed E-state index contributed by atoms with van der Waals surface area (Å²) in [6, 6.07) is 3.26. The number of aromatic hydroxyl groups is 1. The lowest BCUT2D eigenvalue weighted by Crippen LogP contribution is -2.64. The van der Waals surface area contributed by atoms with Gasteiger partial charge in [-0.2, -0.15) is 8.42 Å². The van der Waals surface area contributed by atoms with Gasteiger partial charge < -0.3 is 91.9 Å². The van der Waals surface area contributed by atoms with Crippen LogP contribution < -0.4 is 41.2 Å². The number of hydrogen-bond acceptors (Lipinski definition) is 20. The summed E-state index contributed by atoms with van der Waals surface area (Å²) in [4.78, 5) is 114. The predicted octanol–water partition coefficient (Wildman–Crippen LogP) is -3.10. The Hall–Kier alpha value is -7.55. The summed E-state index contributed by atoms with van der Waals surface area (Å²) in [5, 5.41) is 101. The maximum atomic E-state index is 14.6. The van der Waals surface area contributed by atoms with Gasteiger partial charge in [-0.25, -0.2) is 0 Å². The average Bonchev–Trinajstić information content (AvgIpc) is 2.93. The Balaban J connectivity index is 1.35. The van der Waals surface area contributed by atoms with Crippen molar-refractivity contribution < 1.29 is 101 Å². The van der Waals surface area contributed by atoms with Gasteiger partial charge in [0.2, 0.25) is 41.4 Å². The van der Waals surface area contributed by atoms with Gasteiger partial charge in [-0.3, -0.25) is 42.9 Å². The van der Waals surface area contributed by atoms with E-state index in [9.17, 15) is 92.2 Å². The largest absolute Gasteiger partial charge is 0.504 e. The van der Waals surface area contributed by atoms with Crippen LogP contribution in [0.2, 0.25) is 0 Å². The number of carbonyl (C=O) groups excluding carboxylic acids is 8. The SMILES string of the molecule is CCCCCCCOc1ccc(-c2ccc(C(=O)NC3CC(O)CNC(=O)C4C(O)C(C)CN4C(=O)C(C(O)CC(N)=O)NC(=O)C(C(O)C(O)c4ccc(O)c(OS(=O)(=O)O)c4)NC(=O)C4CC(O)CN4C(=O)C(C(C)O)NC3=O)cc2)cc1. The van der Waals surface area contributed by atoms with Gasteiger partial charge in [0.05, 0.1) is 43.5 Å². The smallest absolute Gasteiger partial charge is 0.446 e. The number of primary amides is 1. The maximum Gasteiger partial charge on any atom is 0.446 e. The highest BCUT2D eigenvalue weighted by Gasteiger charge is 2.50. The molecule has 3 heterocycles. The van der Waals surface area contributed by atoms with Crippen molar-refractivity contribution in [3.8, 4) is 28.4 Å². The van der Waals surface area contributed by atoms with Crippen LogP contribution in [-0.4, -0.2) is 210 Å². The summed E-state index contributed by atoms with van der Waals surface area (Å²) in [6.07, 6.45) is -11.2. The van der Waals surface area contributed by atoms with E-state index in [1.165, 1.54) is 19.1 Å². The van der Waals surface area contributed by atoms with Crippen LogP contribution >= 0.6 is 0 Å². The Kier molecular flexibility index (Phi) is 23.1. The standard InChI is InChI=1S/C55H74N8O21S/c1-4-5-6-7-8-19-83-35-16-13-30(14-17-35)29-9-11-31(12-10-29)49(73)58-36-21-33(65)24-57-53(77)45-46(70)27(2)25-63(45)55(79)43(39(68)23-41(56)69)60-52(76)44(48(72)47(71)32-15-18-38(67)40(20-32)84-85(80,81)82)61-51(75)37-22-34(66)26-62(37)54(78)42(28(3)64)59-50(36)74/h9-18,20,27-28,33-34,36-37,39,42-48,64-68,70-72H,4-8,19,21-26H2,1-3H3,(H2,56,69)(H,57,77)(H,58,73)(H,59,74)(H,60,76)(H,61,75)(H,80,81,82). The van der Waals surface area contributed by atoms with Crippen LogP contribution in [0.4, 0.5) is 0 Å². The molecule has 8 amide bonds. The van der Waals surface area contributed by atoms with Crippen LogP contribution in [0.5, 0.6) is 17.2 Å². The van der Waals surface area contributed by atoms with E-state index in [-0.39, 0.29) is 5.56 Å². The monoisotopic (exact) mass is 1210 g/mol. The number of aliphatic hydroxyl groups excluding tert-OH is 7. The maximum absolute atomic E-state index is 14.6. The highest BCUT2D eigenvalue weighted by molar-refractivity contribution is 7.81. The highest BCUT2D eigenvalue weighted by Crippen LogP contribution is 2.33. The number of ether oxygens (including phenoxy) is 1. The minimum Gasteiger partial charge on any atom is -0.504 e. The third kappa shape index (κ3) is 17.5. The number of fused-ring (bicyclic) bond motifs is 2. The lowest BCUT2D eigenvalue weighted by atomic mass is 9.96. The molecule has 0 bridgehead atoms. The molecule has 0 radical (unpaired) electrons. The van der Waals surface area contributed by atoms with E-state index < -0.39 is 199 Å². The number of amides is 8. The zero-order valence-electron chi connectivity index (χ0n) is 46.7. The Morgan fingerprint density at radius 2 is 1.36 bits per heavy atom. The first kappa shape index (κ1) is 66.6. The number of rotatable bonds is 19. The lowest BCUT2D eigenvalue weighted by molar-refractivity contribution is -0.148. The van der Waals surface area contributed by atoms with Crippen LogP contribution in [-0.2, 0) is 44.0 Å². The number of carbonyl (C=O) groups is 8. The highest BCUT2D eigenvalue weighted by atomic mass is 32.3. The van der Waals surface area contributed by atoms with Crippen molar-refractivity contribution in [1.29, 1.82) is 0 Å². The zero-order valence-corrected chi connectivity index (χ0v) is 47.5. The molecule has 0 aromatic heterocycles. The number of nitrogens with zero attached hydrogens (tertiary/aromatic N) is 2. The molecule has 14 atom stereocenters. The van der Waals surface area contributed by atoms with Crippen molar-refractivity contribution in [3.05, 3.63) is 77.9 Å². The summed E-state index contributed by atoms with van der Waals surface area (Å²) in [5.74, 6) is -12.3. The van der Waals surface area contributed by atoms with Crippen molar-refractivity contribution in [2.45, 2.75) is 151 Å². The van der Waals surface area contributed by atoms with Gasteiger partial charge in [0.1, 0.15) is 54.2 Å². The van der Waals surface area contributed by atoms with Crippen LogP contribution in [0, 0.1) is 5.92 Å². The number of phenolic OH excluding ortho intramolecular Hbond substituents is 1. The first-order chi connectivity index (χ1) is 40.1. The van der Waals surface area contributed by atoms with Gasteiger partial charge in [-0.05, 0) is 66.4 Å². The first-order valence-corrected chi connectivity index (χ1v) is 28.9. The lowest BCUT2D eigenvalue weighted by Gasteiger charge is -2.34. The van der Waals surface area contributed by atoms with Gasteiger partial charge in [0.15, 0.2) is 11.5 Å². The third-order valence-corrected chi connectivity index (χ3v) is 15.2.